The molecule has 2 atom stereocenters. The number of hydrogen-bond acceptors (Lipinski definition) is 5. The van der Waals surface area contributed by atoms with Crippen molar-refractivity contribution in [3.8, 4) is 0 Å². The molecule has 1 aliphatic carbocycles. The summed E-state index contributed by atoms with van der Waals surface area (Å²) in [5.41, 5.74) is 2.64. The fourth-order valence-corrected chi connectivity index (χ4v) is 3.44. The van der Waals surface area contributed by atoms with Crippen LogP contribution in [0.25, 0.3) is 11.0 Å². The highest BCUT2D eigenvalue weighted by Gasteiger charge is 2.26. The summed E-state index contributed by atoms with van der Waals surface area (Å²) in [4.78, 5) is 0. The predicted octanol–water partition coefficient (Wildman–Crippen LogP) is 3.71. The summed E-state index contributed by atoms with van der Waals surface area (Å²) in [6, 6.07) is 4.07. The number of nitrogens with zero attached hydrogens (tertiary/aromatic N) is 2. The number of fused-ring (bicyclic) bond motifs is 1. The van der Waals surface area contributed by atoms with E-state index in [2.05, 4.69) is 14.1 Å². The second kappa shape index (κ2) is 5.61. The van der Waals surface area contributed by atoms with Crippen molar-refractivity contribution in [1.82, 2.24) is 8.75 Å². The average Bonchev–Trinajstić information content (AvgIpc) is 2.91. The van der Waals surface area contributed by atoms with Gasteiger partial charge < -0.3 is 10.1 Å². The molecule has 3 rings (SSSR count). The normalized spacial score (nSPS) is 23.7. The lowest BCUT2D eigenvalue weighted by Crippen LogP contribution is -2.37. The van der Waals surface area contributed by atoms with Crippen molar-refractivity contribution in [1.29, 1.82) is 0 Å². The van der Waals surface area contributed by atoms with E-state index < -0.39 is 0 Å². The van der Waals surface area contributed by atoms with E-state index in [0.29, 0.717) is 11.1 Å². The molecule has 1 heterocycles. The van der Waals surface area contributed by atoms with E-state index in [9.17, 15) is 0 Å². The smallest absolute Gasteiger partial charge is 0.129 e. The van der Waals surface area contributed by atoms with Crippen LogP contribution >= 0.6 is 23.3 Å². The third kappa shape index (κ3) is 2.55. The molecule has 6 heteroatoms. The Bertz CT molecular complexity index is 574. The van der Waals surface area contributed by atoms with Gasteiger partial charge >= 0.3 is 0 Å². The van der Waals surface area contributed by atoms with Crippen molar-refractivity contribution < 1.29 is 4.74 Å². The van der Waals surface area contributed by atoms with Gasteiger partial charge in [-0.25, -0.2) is 0 Å². The van der Waals surface area contributed by atoms with Crippen molar-refractivity contribution in [2.45, 2.75) is 37.8 Å². The van der Waals surface area contributed by atoms with Crippen LogP contribution in [0, 0.1) is 0 Å². The van der Waals surface area contributed by atoms with E-state index in [1.54, 1.807) is 7.11 Å². The van der Waals surface area contributed by atoms with E-state index in [4.69, 9.17) is 16.3 Å². The van der Waals surface area contributed by atoms with Gasteiger partial charge in [0, 0.05) is 7.11 Å². The molecule has 0 saturated heterocycles. The number of hydrogen-bond donors (Lipinski definition) is 1. The minimum absolute atomic E-state index is 0.242. The molecule has 0 amide bonds. The van der Waals surface area contributed by atoms with Gasteiger partial charge in [-0.2, -0.15) is 8.75 Å². The largest absolute Gasteiger partial charge is 0.379 e. The topological polar surface area (TPSA) is 47.0 Å². The number of rotatable bonds is 3. The molecule has 0 spiro atoms. The fraction of sp³-hybridized carbons (Fsp3) is 0.538. The van der Waals surface area contributed by atoms with Crippen molar-refractivity contribution >= 4 is 40.0 Å². The Morgan fingerprint density at radius 1 is 1.32 bits per heavy atom. The molecule has 1 N–H and O–H groups in total. The maximum Gasteiger partial charge on any atom is 0.129 e. The highest BCUT2D eigenvalue weighted by atomic mass is 35.5. The van der Waals surface area contributed by atoms with Crippen LogP contribution in [-0.2, 0) is 4.74 Å². The van der Waals surface area contributed by atoms with Crippen LogP contribution in [0.15, 0.2) is 12.1 Å². The van der Waals surface area contributed by atoms with Gasteiger partial charge in [0.1, 0.15) is 11.0 Å². The molecular formula is C13H16ClN3OS. The number of methoxy groups -OCH3 is 1. The van der Waals surface area contributed by atoms with Crippen LogP contribution in [0.2, 0.25) is 5.02 Å². The van der Waals surface area contributed by atoms with Gasteiger partial charge in [0.25, 0.3) is 0 Å². The average molecular weight is 298 g/mol. The third-order valence-electron chi connectivity index (χ3n) is 3.71. The van der Waals surface area contributed by atoms with E-state index in [1.165, 1.54) is 24.6 Å². The molecule has 1 aromatic heterocycles. The molecule has 4 nitrogen and oxygen atoms in total. The van der Waals surface area contributed by atoms with Gasteiger partial charge in [-0.1, -0.05) is 24.4 Å². The lowest BCUT2D eigenvalue weighted by molar-refractivity contribution is 0.0606. The Morgan fingerprint density at radius 2 is 2.16 bits per heavy atom. The van der Waals surface area contributed by atoms with E-state index in [-0.39, 0.29) is 6.10 Å². The molecule has 2 unspecified atom stereocenters. The highest BCUT2D eigenvalue weighted by molar-refractivity contribution is 7.00. The molecule has 0 aliphatic heterocycles. The van der Waals surface area contributed by atoms with Crippen LogP contribution in [-0.4, -0.2) is 28.0 Å². The van der Waals surface area contributed by atoms with Gasteiger partial charge in [-0.05, 0) is 25.0 Å². The van der Waals surface area contributed by atoms with Crippen LogP contribution in [0.1, 0.15) is 25.7 Å². The number of aromatic nitrogens is 2. The minimum Gasteiger partial charge on any atom is -0.379 e. The summed E-state index contributed by atoms with van der Waals surface area (Å²) >= 11 is 7.52. The second-order valence-corrected chi connectivity index (χ2v) is 5.80. The van der Waals surface area contributed by atoms with Gasteiger partial charge in [-0.15, -0.1) is 0 Å². The number of ether oxygens (including phenoxy) is 1. The molecule has 0 radical (unpaired) electrons. The molecule has 1 fully saturated rings. The summed E-state index contributed by atoms with van der Waals surface area (Å²) in [7, 11) is 1.78. The minimum atomic E-state index is 0.242. The molecule has 1 aromatic carbocycles. The quantitative estimate of drug-likeness (QED) is 0.938. The molecule has 2 aromatic rings. The summed E-state index contributed by atoms with van der Waals surface area (Å²) in [6.07, 6.45) is 4.89. The van der Waals surface area contributed by atoms with Crippen molar-refractivity contribution in [2.24, 2.45) is 0 Å². The molecule has 1 aliphatic rings. The van der Waals surface area contributed by atoms with E-state index >= 15 is 0 Å². The number of benzene rings is 1. The molecule has 19 heavy (non-hydrogen) atoms. The summed E-state index contributed by atoms with van der Waals surface area (Å²) in [6.45, 7) is 0. The highest BCUT2D eigenvalue weighted by Crippen LogP contribution is 2.33. The number of nitrogens with one attached hydrogen (secondary N) is 1. The van der Waals surface area contributed by atoms with Crippen LogP contribution < -0.4 is 5.32 Å². The zero-order chi connectivity index (χ0) is 13.2. The van der Waals surface area contributed by atoms with Crippen molar-refractivity contribution in [3.05, 3.63) is 17.2 Å². The molecule has 1 saturated carbocycles. The fourth-order valence-electron chi connectivity index (χ4n) is 2.69. The summed E-state index contributed by atoms with van der Waals surface area (Å²) in [5.74, 6) is 0. The van der Waals surface area contributed by atoms with Crippen LogP contribution in [0.4, 0.5) is 5.69 Å². The third-order valence-corrected chi connectivity index (χ3v) is 4.57. The zero-order valence-corrected chi connectivity index (χ0v) is 12.3. The summed E-state index contributed by atoms with van der Waals surface area (Å²) < 4.78 is 14.2. The summed E-state index contributed by atoms with van der Waals surface area (Å²) in [5, 5.41) is 4.22. The Morgan fingerprint density at radius 3 is 3.00 bits per heavy atom. The van der Waals surface area contributed by atoms with Crippen molar-refractivity contribution in [2.75, 3.05) is 12.4 Å². The Labute approximate surface area is 121 Å². The first-order valence-corrected chi connectivity index (χ1v) is 7.60. The number of halogens is 1. The van der Waals surface area contributed by atoms with E-state index in [0.717, 1.165) is 29.6 Å². The van der Waals surface area contributed by atoms with E-state index in [1.807, 2.05) is 12.1 Å². The van der Waals surface area contributed by atoms with Gasteiger partial charge in [0.2, 0.25) is 0 Å². The SMILES string of the molecule is COC1CCCCC1Nc1c(Cl)ccc2nsnc12. The standard InChI is InChI=1S/C13H16ClN3OS/c1-18-11-5-3-2-4-9(11)15-12-8(14)6-7-10-13(12)17-19-16-10/h6-7,9,11,15H,2-5H2,1H3. The lowest BCUT2D eigenvalue weighted by atomic mass is 9.92. The first-order chi connectivity index (χ1) is 9.29. The molecule has 102 valence electrons. The van der Waals surface area contributed by atoms with Gasteiger partial charge in [0.15, 0.2) is 0 Å². The van der Waals surface area contributed by atoms with Crippen LogP contribution in [0.3, 0.4) is 0 Å². The Hall–Kier alpha value is -0.910. The predicted molar refractivity (Wildman–Crippen MR) is 79.1 cm³/mol. The first-order valence-electron chi connectivity index (χ1n) is 6.49. The van der Waals surface area contributed by atoms with Crippen LogP contribution in [0.5, 0.6) is 0 Å². The number of anilines is 1. The first kappa shape index (κ1) is 13.1. The molecule has 0 bridgehead atoms. The van der Waals surface area contributed by atoms with Crippen molar-refractivity contribution in [3.63, 3.8) is 0 Å². The van der Waals surface area contributed by atoms with Gasteiger partial charge in [0.05, 0.1) is 34.6 Å². The maximum atomic E-state index is 6.30. The molecular weight excluding hydrogens is 282 g/mol. The Kier molecular flexibility index (Phi) is 3.86. The monoisotopic (exact) mass is 297 g/mol. The lowest BCUT2D eigenvalue weighted by Gasteiger charge is -2.32. The van der Waals surface area contributed by atoms with Gasteiger partial charge in [-0.3, -0.25) is 0 Å². The zero-order valence-electron chi connectivity index (χ0n) is 10.7. The maximum absolute atomic E-state index is 6.30. The second-order valence-electron chi connectivity index (χ2n) is 4.86. The Balaban J connectivity index is 1.91.